The second-order valence-electron chi connectivity index (χ2n) is 4.50. The van der Waals surface area contributed by atoms with E-state index in [0.29, 0.717) is 0 Å². The Labute approximate surface area is 212 Å². The summed E-state index contributed by atoms with van der Waals surface area (Å²) in [7, 11) is 4.00. The minimum absolute atomic E-state index is 0. The van der Waals surface area contributed by atoms with Crippen LogP contribution in [0.2, 0.25) is 0 Å². The van der Waals surface area contributed by atoms with E-state index in [2.05, 4.69) is 60.7 Å². The molecule has 0 atom stereocenters. The third kappa shape index (κ3) is 24.2. The maximum Gasteiger partial charge on any atom is 0.0319 e. The fourth-order valence-corrected chi connectivity index (χ4v) is 1.82. The van der Waals surface area contributed by atoms with Crippen molar-refractivity contribution < 1.29 is 53.1 Å². The summed E-state index contributed by atoms with van der Waals surface area (Å²) in [5.41, 5.74) is 0. The zero-order chi connectivity index (χ0) is 23.3. The van der Waals surface area contributed by atoms with Gasteiger partial charge in [0.1, 0.15) is 0 Å². The molecule has 0 bridgehead atoms. The van der Waals surface area contributed by atoms with Crippen molar-refractivity contribution in [1.29, 1.82) is 0 Å². The molecule has 0 saturated heterocycles. The van der Waals surface area contributed by atoms with Crippen LogP contribution < -0.4 is 0 Å². The molecule has 0 spiro atoms. The predicted octanol–water partition coefficient (Wildman–Crippen LogP) is 4.24. The van der Waals surface area contributed by atoms with Crippen LogP contribution in [0.4, 0.5) is 0 Å². The molecule has 0 unspecified atom stereocenters. The Kier molecular flexibility index (Phi) is 41.8. The second-order valence-corrected chi connectivity index (χ2v) is 4.50. The summed E-state index contributed by atoms with van der Waals surface area (Å²) in [6.07, 6.45) is 0. The number of hydrogen-bond acceptors (Lipinski definition) is 4. The minimum atomic E-state index is 0. The van der Waals surface area contributed by atoms with E-state index in [-0.39, 0.29) is 32.7 Å². The molecular weight excluding hydrogens is 465 g/mol. The van der Waals surface area contributed by atoms with Gasteiger partial charge >= 0.3 is 0 Å². The summed E-state index contributed by atoms with van der Waals surface area (Å²) in [6, 6.07) is 41.7. The summed E-state index contributed by atoms with van der Waals surface area (Å²) in [4.78, 5) is 0. The number of aliphatic hydroxyl groups is 4. The third-order valence-electron chi connectivity index (χ3n) is 2.87. The first kappa shape index (κ1) is 36.5. The molecule has 0 aliphatic heterocycles. The molecule has 31 heavy (non-hydrogen) atoms. The van der Waals surface area contributed by atoms with Crippen LogP contribution >= 0.6 is 0 Å². The SMILES string of the molecule is CO.CO.CO.CO.[Y].[c-]1ccccc1.[c-]1ccccc1.c1ccc2ccccc2c1. The molecule has 0 aliphatic carbocycles. The van der Waals surface area contributed by atoms with Gasteiger partial charge in [0.15, 0.2) is 0 Å². The Balaban J connectivity index is -0.000000154. The number of benzene rings is 4. The Morgan fingerprint density at radius 3 is 0.742 bits per heavy atom. The van der Waals surface area contributed by atoms with Crippen LogP contribution in [0.5, 0.6) is 0 Å². The number of fused-ring (bicyclic) bond motifs is 1. The van der Waals surface area contributed by atoms with Crippen molar-refractivity contribution in [2.45, 2.75) is 0 Å². The quantitative estimate of drug-likeness (QED) is 0.273. The summed E-state index contributed by atoms with van der Waals surface area (Å²) >= 11 is 0. The van der Waals surface area contributed by atoms with Crippen molar-refractivity contribution in [2.75, 3.05) is 28.4 Å². The number of rotatable bonds is 0. The van der Waals surface area contributed by atoms with Gasteiger partial charge in [-0.3, -0.25) is 0 Å². The molecule has 167 valence electrons. The fraction of sp³-hybridized carbons (Fsp3) is 0.154. The Hall–Kier alpha value is -1.92. The van der Waals surface area contributed by atoms with Gasteiger partial charge in [0.25, 0.3) is 0 Å². The number of hydrogen-bond donors (Lipinski definition) is 4. The van der Waals surface area contributed by atoms with E-state index < -0.39 is 0 Å². The van der Waals surface area contributed by atoms with Crippen LogP contribution in [0.3, 0.4) is 0 Å². The zero-order valence-corrected chi connectivity index (χ0v) is 21.6. The molecule has 4 aromatic carbocycles. The van der Waals surface area contributed by atoms with Crippen LogP contribution in [0, 0.1) is 12.1 Å². The molecule has 0 saturated carbocycles. The molecule has 1 radical (unpaired) electrons. The van der Waals surface area contributed by atoms with E-state index in [1.54, 1.807) is 0 Å². The van der Waals surface area contributed by atoms with Crippen molar-refractivity contribution in [3.05, 3.63) is 121 Å². The summed E-state index contributed by atoms with van der Waals surface area (Å²) in [5, 5.41) is 30.6. The van der Waals surface area contributed by atoms with Gasteiger partial charge in [0.2, 0.25) is 0 Å². The minimum Gasteiger partial charge on any atom is -0.400 e. The second kappa shape index (κ2) is 35.5. The fourth-order valence-electron chi connectivity index (χ4n) is 1.82. The van der Waals surface area contributed by atoms with Crippen LogP contribution in [0.1, 0.15) is 0 Å². The van der Waals surface area contributed by atoms with Crippen LogP contribution in [0.15, 0.2) is 109 Å². The van der Waals surface area contributed by atoms with E-state index in [4.69, 9.17) is 20.4 Å². The normalized spacial score (nSPS) is 7.10. The topological polar surface area (TPSA) is 80.9 Å². The van der Waals surface area contributed by atoms with Crippen molar-refractivity contribution in [2.24, 2.45) is 0 Å². The smallest absolute Gasteiger partial charge is 0.0319 e. The first-order valence-corrected chi connectivity index (χ1v) is 9.01. The van der Waals surface area contributed by atoms with Gasteiger partial charge in [-0.2, -0.15) is 72.8 Å². The van der Waals surface area contributed by atoms with Crippen molar-refractivity contribution in [1.82, 2.24) is 0 Å². The molecular formula is C26H34O4Y-2. The Morgan fingerprint density at radius 1 is 0.387 bits per heavy atom. The van der Waals surface area contributed by atoms with E-state index >= 15 is 0 Å². The number of aliphatic hydroxyl groups excluding tert-OH is 4. The van der Waals surface area contributed by atoms with Gasteiger partial charge in [0, 0.05) is 61.1 Å². The maximum absolute atomic E-state index is 7.00. The standard InChI is InChI=1S/C10H8.2C6H5.4CH4O.Y/c1-2-6-10-8-4-3-7-9(10)5-1;2*1-2-4-6-5-3-1;4*1-2;/h1-8H;2*1-5H;4*2H,1H3;/q;2*-1;;;;;. The Bertz CT molecular complexity index is 604. The van der Waals surface area contributed by atoms with Crippen molar-refractivity contribution in [3.63, 3.8) is 0 Å². The first-order valence-electron chi connectivity index (χ1n) is 9.01. The maximum atomic E-state index is 7.00. The molecule has 0 heterocycles. The van der Waals surface area contributed by atoms with Gasteiger partial charge in [-0.05, 0) is 10.8 Å². The van der Waals surface area contributed by atoms with Gasteiger partial charge in [-0.15, -0.1) is 0 Å². The van der Waals surface area contributed by atoms with Crippen LogP contribution in [-0.4, -0.2) is 48.9 Å². The van der Waals surface area contributed by atoms with E-state index in [1.165, 1.54) is 10.8 Å². The summed E-state index contributed by atoms with van der Waals surface area (Å²) in [5.74, 6) is 0. The Morgan fingerprint density at radius 2 is 0.613 bits per heavy atom. The van der Waals surface area contributed by atoms with E-state index in [0.717, 1.165) is 28.4 Å². The largest absolute Gasteiger partial charge is 0.400 e. The third-order valence-corrected chi connectivity index (χ3v) is 2.87. The van der Waals surface area contributed by atoms with E-state index in [9.17, 15) is 0 Å². The molecule has 4 nitrogen and oxygen atoms in total. The van der Waals surface area contributed by atoms with Crippen LogP contribution in [0.25, 0.3) is 10.8 Å². The predicted molar refractivity (Wildman–Crippen MR) is 127 cm³/mol. The molecule has 4 N–H and O–H groups in total. The summed E-state index contributed by atoms with van der Waals surface area (Å²) in [6.45, 7) is 0. The average molecular weight is 499 g/mol. The molecule has 0 aliphatic rings. The van der Waals surface area contributed by atoms with Gasteiger partial charge in [-0.25, -0.2) is 0 Å². The van der Waals surface area contributed by atoms with Crippen molar-refractivity contribution in [3.8, 4) is 0 Å². The first-order chi connectivity index (χ1) is 15.0. The molecule has 5 heteroatoms. The molecule has 0 aromatic heterocycles. The molecule has 0 amide bonds. The monoisotopic (exact) mass is 499 g/mol. The molecule has 0 fully saturated rings. The zero-order valence-electron chi connectivity index (χ0n) is 18.8. The molecule has 4 rings (SSSR count). The van der Waals surface area contributed by atoms with Crippen molar-refractivity contribution >= 4 is 10.8 Å². The van der Waals surface area contributed by atoms with Crippen LogP contribution in [-0.2, 0) is 32.7 Å². The van der Waals surface area contributed by atoms with Gasteiger partial charge < -0.3 is 20.4 Å². The van der Waals surface area contributed by atoms with Gasteiger partial charge in [0.05, 0.1) is 0 Å². The average Bonchev–Trinajstić information content (AvgIpc) is 2.92. The van der Waals surface area contributed by atoms with E-state index in [1.807, 2.05) is 60.7 Å². The molecule has 4 aromatic rings. The summed E-state index contributed by atoms with van der Waals surface area (Å²) < 4.78 is 0. The van der Waals surface area contributed by atoms with Gasteiger partial charge in [-0.1, -0.05) is 48.5 Å².